The van der Waals surface area contributed by atoms with Crippen LogP contribution in [-0.4, -0.2) is 6.71 Å². The Balaban J connectivity index is 0.822. The summed E-state index contributed by atoms with van der Waals surface area (Å²) in [5.74, 6) is 0. The first-order valence-corrected chi connectivity index (χ1v) is 41.9. The van der Waals surface area contributed by atoms with Crippen molar-refractivity contribution in [2.24, 2.45) is 0 Å². The molecule has 2 aliphatic heterocycles. The summed E-state index contributed by atoms with van der Waals surface area (Å²) in [5.41, 5.74) is 37.5. The highest BCUT2D eigenvalue weighted by Gasteiger charge is 2.49. The van der Waals surface area contributed by atoms with Crippen LogP contribution in [0.25, 0.3) is 177 Å². The van der Waals surface area contributed by atoms with Crippen molar-refractivity contribution in [3.8, 4) is 89.0 Å². The standard InChI is InChI=1S/C115H69BN2O4/c1-7-29-70(30-8-1)80-44-25-45-81(71-31-9-2-10-32-71)111(80)117-100-66-94-92-61-75(84-48-27-50-90-88-42-20-23-53-104(88)121-113(84)90)56-59-106(92)119-108(94)68-98(100)116-99-69-109-95(93-62-76(57-60-107(93)120-109)85-49-28-51-91-89-43-21-24-54-105(89)122-114(85)91)67-101(99)118(112-82(72-33-11-3-12-34-72)46-26-47-83(112)73-35-13-4-14-36-73)103-65-77(64-102(117)110(103)116)74-55-58-87-86-41-19-22-52-96(86)115(97(87)63-74,78-37-15-5-16-38-78)79-39-17-6-18-40-79/h1-69H. The first kappa shape index (κ1) is 68.1. The third kappa shape index (κ3) is 10.0. The maximum atomic E-state index is 7.45. The monoisotopic (exact) mass is 1550 g/mol. The van der Waals surface area contributed by atoms with Crippen LogP contribution in [0.4, 0.5) is 34.1 Å². The molecule has 6 heterocycles. The van der Waals surface area contributed by atoms with Gasteiger partial charge in [0.1, 0.15) is 44.7 Å². The van der Waals surface area contributed by atoms with Gasteiger partial charge in [0.2, 0.25) is 0 Å². The van der Waals surface area contributed by atoms with Gasteiger partial charge >= 0.3 is 0 Å². The molecule has 4 aromatic heterocycles. The van der Waals surface area contributed by atoms with Gasteiger partial charge in [0.05, 0.1) is 16.8 Å². The zero-order valence-electron chi connectivity index (χ0n) is 65.9. The van der Waals surface area contributed by atoms with Gasteiger partial charge in [0, 0.05) is 99.2 Å². The van der Waals surface area contributed by atoms with Crippen LogP contribution in [-0.2, 0) is 5.41 Å². The first-order valence-electron chi connectivity index (χ1n) is 41.9. The van der Waals surface area contributed by atoms with Crippen LogP contribution in [0.15, 0.2) is 436 Å². The van der Waals surface area contributed by atoms with Gasteiger partial charge < -0.3 is 27.5 Å². The number of hydrogen-bond acceptors (Lipinski definition) is 6. The van der Waals surface area contributed by atoms with Crippen LogP contribution in [0.5, 0.6) is 0 Å². The summed E-state index contributed by atoms with van der Waals surface area (Å²) in [4.78, 5) is 5.32. The van der Waals surface area contributed by atoms with Crippen molar-refractivity contribution in [1.82, 2.24) is 0 Å². The Kier molecular flexibility index (Phi) is 14.8. The van der Waals surface area contributed by atoms with Crippen LogP contribution in [0.3, 0.4) is 0 Å². The van der Waals surface area contributed by atoms with Crippen LogP contribution in [0.2, 0.25) is 0 Å². The second kappa shape index (κ2) is 26.5. The highest BCUT2D eigenvalue weighted by molar-refractivity contribution is 7.00. The van der Waals surface area contributed by atoms with Crippen molar-refractivity contribution in [3.05, 3.63) is 441 Å². The largest absolute Gasteiger partial charge is 0.456 e. The molecule has 566 valence electrons. The summed E-state index contributed by atoms with van der Waals surface area (Å²) >= 11 is 0. The smallest absolute Gasteiger partial charge is 0.252 e. The zero-order chi connectivity index (χ0) is 79.8. The summed E-state index contributed by atoms with van der Waals surface area (Å²) < 4.78 is 28.5. The molecule has 0 N–H and O–H groups in total. The number of fused-ring (bicyclic) bond motifs is 19. The molecule has 0 saturated carbocycles. The molecule has 0 atom stereocenters. The Morgan fingerprint density at radius 1 is 0.197 bits per heavy atom. The lowest BCUT2D eigenvalue weighted by Crippen LogP contribution is -2.61. The quantitative estimate of drug-likeness (QED) is 0.120. The van der Waals surface area contributed by atoms with E-state index in [0.29, 0.717) is 0 Å². The molecule has 0 saturated heterocycles. The summed E-state index contributed by atoms with van der Waals surface area (Å²) in [7, 11) is 0. The fourth-order valence-corrected chi connectivity index (χ4v) is 21.1. The van der Waals surface area contributed by atoms with Crippen LogP contribution < -0.4 is 26.2 Å². The molecule has 26 rings (SSSR count). The number of para-hydroxylation sites is 6. The highest BCUT2D eigenvalue weighted by Crippen LogP contribution is 2.60. The fraction of sp³-hybridized carbons (Fsp3) is 0.00870. The van der Waals surface area contributed by atoms with Crippen molar-refractivity contribution < 1.29 is 17.7 Å². The highest BCUT2D eigenvalue weighted by atomic mass is 16.3. The molecule has 1 aliphatic carbocycles. The van der Waals surface area contributed by atoms with E-state index in [1.165, 1.54) is 33.4 Å². The second-order valence-electron chi connectivity index (χ2n) is 32.7. The predicted octanol–water partition coefficient (Wildman–Crippen LogP) is 29.4. The number of rotatable bonds is 11. The third-order valence-corrected chi connectivity index (χ3v) is 26.3. The van der Waals surface area contributed by atoms with E-state index in [1.807, 2.05) is 12.1 Å². The van der Waals surface area contributed by atoms with Gasteiger partial charge in [-0.3, -0.25) is 0 Å². The van der Waals surface area contributed by atoms with Gasteiger partial charge in [-0.05, 0) is 173 Å². The Bertz CT molecular complexity index is 7730. The predicted molar refractivity (Wildman–Crippen MR) is 505 cm³/mol. The van der Waals surface area contributed by atoms with E-state index < -0.39 is 12.1 Å². The molecule has 0 bridgehead atoms. The van der Waals surface area contributed by atoms with Crippen molar-refractivity contribution in [2.75, 3.05) is 9.80 Å². The molecular formula is C115H69BN2O4. The maximum absolute atomic E-state index is 7.45. The van der Waals surface area contributed by atoms with E-state index in [-0.39, 0.29) is 0 Å². The van der Waals surface area contributed by atoms with Crippen molar-refractivity contribution in [1.29, 1.82) is 0 Å². The normalized spacial score (nSPS) is 13.1. The topological polar surface area (TPSA) is 59.0 Å². The van der Waals surface area contributed by atoms with Gasteiger partial charge in [0.15, 0.2) is 0 Å². The van der Waals surface area contributed by atoms with Gasteiger partial charge in [-0.15, -0.1) is 0 Å². The van der Waals surface area contributed by atoms with Gasteiger partial charge in [-0.25, -0.2) is 0 Å². The van der Waals surface area contributed by atoms with E-state index in [9.17, 15) is 0 Å². The van der Waals surface area contributed by atoms with Crippen LogP contribution >= 0.6 is 0 Å². The fourth-order valence-electron chi connectivity index (χ4n) is 21.1. The van der Waals surface area contributed by atoms with E-state index >= 15 is 0 Å². The SMILES string of the molecule is c1ccc(-c2cccc(-c3ccccc3)c2N2c3cc4c(cc3B3c5cc6oc7ccc(-c8cccc9c8oc8ccccc89)cc7c6cc5N(c5c(-c6ccccc6)cccc5-c5ccccc5)c5cc(-c6ccc7c(c6)C(c6ccccc6)(c6ccccc6)c6ccccc6-7)cc2c53)oc2ccc(-c3cccc5c3oc3ccccc35)cc24)cc1. The molecule has 0 fully saturated rings. The van der Waals surface area contributed by atoms with Crippen molar-refractivity contribution in [3.63, 3.8) is 0 Å². The second-order valence-corrected chi connectivity index (χ2v) is 32.7. The van der Waals surface area contributed by atoms with Crippen molar-refractivity contribution >= 4 is 145 Å². The van der Waals surface area contributed by atoms with E-state index in [2.05, 4.69) is 416 Å². The Morgan fingerprint density at radius 3 is 1.01 bits per heavy atom. The number of furan rings is 4. The molecular weight excluding hydrogens is 1480 g/mol. The van der Waals surface area contributed by atoms with E-state index in [0.717, 1.165) is 216 Å². The van der Waals surface area contributed by atoms with Gasteiger partial charge in [-0.1, -0.05) is 340 Å². The number of anilines is 6. The lowest BCUT2D eigenvalue weighted by Gasteiger charge is -2.46. The third-order valence-electron chi connectivity index (χ3n) is 26.3. The lowest BCUT2D eigenvalue weighted by molar-refractivity contribution is 0.668. The molecule has 6 nitrogen and oxygen atoms in total. The zero-order valence-corrected chi connectivity index (χ0v) is 65.9. The molecule has 0 spiro atoms. The average molecular weight is 1550 g/mol. The number of benzene rings is 19. The molecule has 0 amide bonds. The molecule has 122 heavy (non-hydrogen) atoms. The lowest BCUT2D eigenvalue weighted by atomic mass is 9.33. The van der Waals surface area contributed by atoms with Gasteiger partial charge in [-0.2, -0.15) is 0 Å². The van der Waals surface area contributed by atoms with E-state index in [4.69, 9.17) is 17.7 Å². The van der Waals surface area contributed by atoms with Crippen molar-refractivity contribution in [2.45, 2.75) is 5.41 Å². The Morgan fingerprint density at radius 2 is 0.549 bits per heavy atom. The summed E-state index contributed by atoms with van der Waals surface area (Å²) in [5, 5.41) is 8.29. The number of hydrogen-bond donors (Lipinski definition) is 0. The summed E-state index contributed by atoms with van der Waals surface area (Å²) in [6, 6.07) is 154. The van der Waals surface area contributed by atoms with Gasteiger partial charge in [0.25, 0.3) is 6.71 Å². The Hall–Kier alpha value is -16.0. The summed E-state index contributed by atoms with van der Waals surface area (Å²) in [6.07, 6.45) is 0. The minimum atomic E-state index is -0.694. The Labute approximate surface area is 703 Å². The minimum absolute atomic E-state index is 0.448. The first-order chi connectivity index (χ1) is 60.5. The summed E-state index contributed by atoms with van der Waals surface area (Å²) in [6.45, 7) is -0.448. The molecule has 7 heteroatoms. The maximum Gasteiger partial charge on any atom is 0.252 e. The molecule has 23 aromatic rings. The number of nitrogens with zero attached hydrogens (tertiary/aromatic N) is 2. The average Bonchev–Trinajstić information content (AvgIpc) is 1.24. The molecule has 3 aliphatic rings. The molecule has 0 radical (unpaired) electrons. The van der Waals surface area contributed by atoms with Crippen LogP contribution in [0.1, 0.15) is 22.3 Å². The van der Waals surface area contributed by atoms with E-state index in [1.54, 1.807) is 0 Å². The molecule has 19 aromatic carbocycles. The molecule has 0 unspecified atom stereocenters. The van der Waals surface area contributed by atoms with Crippen LogP contribution in [0, 0.1) is 0 Å². The minimum Gasteiger partial charge on any atom is -0.456 e.